The van der Waals surface area contributed by atoms with Gasteiger partial charge >= 0.3 is 0 Å². The zero-order valence-corrected chi connectivity index (χ0v) is 20.0. The number of sulfonamides is 1. The van der Waals surface area contributed by atoms with Crippen LogP contribution in [0.3, 0.4) is 0 Å². The Balaban J connectivity index is 1.64. The zero-order chi connectivity index (χ0) is 24.3. The predicted molar refractivity (Wildman–Crippen MR) is 127 cm³/mol. The topological polar surface area (TPSA) is 66.9 Å². The summed E-state index contributed by atoms with van der Waals surface area (Å²) >= 11 is 0. The molecule has 178 valence electrons. The summed E-state index contributed by atoms with van der Waals surface area (Å²) in [5.41, 5.74) is 1.48. The fourth-order valence-electron chi connectivity index (χ4n) is 3.83. The minimum absolute atomic E-state index is 0.00928. The van der Waals surface area contributed by atoms with E-state index in [0.29, 0.717) is 5.56 Å². The molecule has 0 bridgehead atoms. The minimum atomic E-state index is -3.95. The lowest BCUT2D eigenvalue weighted by atomic mass is 10.1. The molecule has 1 aliphatic carbocycles. The number of nitrogens with zero attached hydrogens (tertiary/aromatic N) is 2. The van der Waals surface area contributed by atoms with E-state index in [1.807, 2.05) is 30.3 Å². The highest BCUT2D eigenvalue weighted by Crippen LogP contribution is 2.33. The number of carbonyl (C=O) groups excluding carboxylic acids is 1. The maximum absolute atomic E-state index is 14.2. The van der Waals surface area contributed by atoms with Gasteiger partial charge in [-0.15, -0.1) is 0 Å². The molecule has 0 radical (unpaired) electrons. The molecule has 6 nitrogen and oxygen atoms in total. The molecule has 1 fully saturated rings. The standard InChI is InChI=1S/C26H27FN2O4S/c1-28(17-19-8-4-3-5-9-19)34(31,32)25-16-20(12-15-24(25)33-2)26(30)29(22-13-14-22)18-21-10-6-7-11-23(21)27/h3-12,15-16,22H,13-14,17-18H2,1-2H3. The molecule has 3 aromatic rings. The van der Waals surface area contributed by atoms with Crippen LogP contribution < -0.4 is 4.74 Å². The summed E-state index contributed by atoms with van der Waals surface area (Å²) < 4.78 is 47.6. The van der Waals surface area contributed by atoms with Gasteiger partial charge in [-0.05, 0) is 42.7 Å². The molecule has 3 aromatic carbocycles. The van der Waals surface area contributed by atoms with Crippen molar-refractivity contribution in [1.82, 2.24) is 9.21 Å². The van der Waals surface area contributed by atoms with Crippen LogP contribution in [0.1, 0.15) is 34.3 Å². The highest BCUT2D eigenvalue weighted by Gasteiger charge is 2.34. The molecule has 34 heavy (non-hydrogen) atoms. The number of ether oxygens (including phenoxy) is 1. The van der Waals surface area contributed by atoms with Crippen molar-refractivity contribution in [2.75, 3.05) is 14.2 Å². The van der Waals surface area contributed by atoms with Crippen molar-refractivity contribution < 1.29 is 22.3 Å². The van der Waals surface area contributed by atoms with Gasteiger partial charge in [0.15, 0.2) is 0 Å². The molecule has 8 heteroatoms. The summed E-state index contributed by atoms with van der Waals surface area (Å²) in [6, 6.07) is 20.0. The lowest BCUT2D eigenvalue weighted by Crippen LogP contribution is -2.33. The molecule has 0 aromatic heterocycles. The van der Waals surface area contributed by atoms with Crippen LogP contribution in [0.15, 0.2) is 77.7 Å². The van der Waals surface area contributed by atoms with E-state index in [0.717, 1.165) is 18.4 Å². The van der Waals surface area contributed by atoms with Crippen LogP contribution in [-0.4, -0.2) is 43.7 Å². The minimum Gasteiger partial charge on any atom is -0.495 e. The first kappa shape index (κ1) is 23.9. The highest BCUT2D eigenvalue weighted by atomic mass is 32.2. The van der Waals surface area contributed by atoms with E-state index in [4.69, 9.17) is 4.74 Å². The number of hydrogen-bond acceptors (Lipinski definition) is 4. The predicted octanol–water partition coefficient (Wildman–Crippen LogP) is 4.46. The Bertz CT molecular complexity index is 1280. The molecule has 4 rings (SSSR count). The van der Waals surface area contributed by atoms with Gasteiger partial charge in [-0.1, -0.05) is 48.5 Å². The smallest absolute Gasteiger partial charge is 0.254 e. The molecular formula is C26H27FN2O4S. The van der Waals surface area contributed by atoms with Gasteiger partial charge in [0.2, 0.25) is 10.0 Å². The summed E-state index contributed by atoms with van der Waals surface area (Å²) in [5.74, 6) is -0.555. The van der Waals surface area contributed by atoms with E-state index in [-0.39, 0.29) is 47.1 Å². The third-order valence-electron chi connectivity index (χ3n) is 5.89. The maximum atomic E-state index is 14.2. The van der Waals surface area contributed by atoms with Gasteiger partial charge in [0.05, 0.1) is 7.11 Å². The fraction of sp³-hybridized carbons (Fsp3) is 0.269. The second-order valence-corrected chi connectivity index (χ2v) is 10.4. The van der Waals surface area contributed by atoms with Crippen LogP contribution in [0, 0.1) is 5.82 Å². The van der Waals surface area contributed by atoms with Crippen molar-refractivity contribution in [3.05, 3.63) is 95.3 Å². The second-order valence-electron chi connectivity index (χ2n) is 8.37. The Hall–Kier alpha value is -3.23. The summed E-state index contributed by atoms with van der Waals surface area (Å²) in [5, 5.41) is 0. The van der Waals surface area contributed by atoms with Crippen LogP contribution in [0.4, 0.5) is 4.39 Å². The molecule has 0 atom stereocenters. The molecular weight excluding hydrogens is 455 g/mol. The summed E-state index contributed by atoms with van der Waals surface area (Å²) in [4.78, 5) is 15.0. The zero-order valence-electron chi connectivity index (χ0n) is 19.1. The molecule has 0 unspecified atom stereocenters. The maximum Gasteiger partial charge on any atom is 0.254 e. The Morgan fingerprint density at radius 1 is 1.00 bits per heavy atom. The lowest BCUT2D eigenvalue weighted by Gasteiger charge is -2.24. The van der Waals surface area contributed by atoms with Crippen molar-refractivity contribution in [3.8, 4) is 5.75 Å². The van der Waals surface area contributed by atoms with Crippen LogP contribution in [0.25, 0.3) is 0 Å². The van der Waals surface area contributed by atoms with Crippen molar-refractivity contribution >= 4 is 15.9 Å². The number of carbonyl (C=O) groups is 1. The van der Waals surface area contributed by atoms with Crippen molar-refractivity contribution in [3.63, 3.8) is 0 Å². The van der Waals surface area contributed by atoms with E-state index in [9.17, 15) is 17.6 Å². The van der Waals surface area contributed by atoms with E-state index in [2.05, 4.69) is 0 Å². The average molecular weight is 483 g/mol. The first-order valence-corrected chi connectivity index (χ1v) is 12.5. The molecule has 0 saturated heterocycles. The quantitative estimate of drug-likeness (QED) is 0.452. The van der Waals surface area contributed by atoms with Gasteiger partial charge in [0, 0.05) is 37.3 Å². The molecule has 0 N–H and O–H groups in total. The second kappa shape index (κ2) is 9.95. The van der Waals surface area contributed by atoms with Crippen LogP contribution in [0.5, 0.6) is 5.75 Å². The Morgan fingerprint density at radius 3 is 2.32 bits per heavy atom. The molecule has 1 aliphatic rings. The van der Waals surface area contributed by atoms with Crippen LogP contribution in [-0.2, 0) is 23.1 Å². The van der Waals surface area contributed by atoms with Crippen LogP contribution in [0.2, 0.25) is 0 Å². The average Bonchev–Trinajstić information content (AvgIpc) is 3.68. The number of rotatable bonds is 9. The monoisotopic (exact) mass is 482 g/mol. The molecule has 0 aliphatic heterocycles. The largest absolute Gasteiger partial charge is 0.495 e. The van der Waals surface area contributed by atoms with E-state index in [1.165, 1.54) is 36.7 Å². The van der Waals surface area contributed by atoms with E-state index >= 15 is 0 Å². The molecule has 0 heterocycles. The lowest BCUT2D eigenvalue weighted by molar-refractivity contribution is 0.0728. The number of amides is 1. The normalized spacial score (nSPS) is 13.6. The Kier molecular flexibility index (Phi) is 7.00. The van der Waals surface area contributed by atoms with Crippen molar-refractivity contribution in [1.29, 1.82) is 0 Å². The third kappa shape index (κ3) is 5.13. The Labute approximate surface area is 199 Å². The van der Waals surface area contributed by atoms with E-state index in [1.54, 1.807) is 29.2 Å². The molecule has 1 amide bonds. The molecule has 0 spiro atoms. The first-order chi connectivity index (χ1) is 16.3. The van der Waals surface area contributed by atoms with Gasteiger partial charge in [0.1, 0.15) is 16.5 Å². The van der Waals surface area contributed by atoms with Gasteiger partial charge in [0.25, 0.3) is 5.91 Å². The number of halogens is 1. The van der Waals surface area contributed by atoms with Crippen LogP contribution >= 0.6 is 0 Å². The van der Waals surface area contributed by atoms with Gasteiger partial charge in [-0.25, -0.2) is 12.8 Å². The van der Waals surface area contributed by atoms with E-state index < -0.39 is 10.0 Å². The van der Waals surface area contributed by atoms with Gasteiger partial charge in [-0.3, -0.25) is 4.79 Å². The third-order valence-corrected chi connectivity index (χ3v) is 7.72. The Morgan fingerprint density at radius 2 is 1.68 bits per heavy atom. The van der Waals surface area contributed by atoms with Gasteiger partial charge < -0.3 is 9.64 Å². The SMILES string of the molecule is COc1ccc(C(=O)N(Cc2ccccc2F)C2CC2)cc1S(=O)(=O)N(C)Cc1ccccc1. The number of methoxy groups -OCH3 is 1. The number of benzene rings is 3. The fourth-order valence-corrected chi connectivity index (χ4v) is 5.17. The summed E-state index contributed by atoms with van der Waals surface area (Å²) in [6.07, 6.45) is 1.67. The van der Waals surface area contributed by atoms with Crippen molar-refractivity contribution in [2.45, 2.75) is 36.9 Å². The van der Waals surface area contributed by atoms with Gasteiger partial charge in [-0.2, -0.15) is 4.31 Å². The number of hydrogen-bond donors (Lipinski definition) is 0. The first-order valence-electron chi connectivity index (χ1n) is 11.0. The van der Waals surface area contributed by atoms with Crippen molar-refractivity contribution in [2.24, 2.45) is 0 Å². The molecule has 1 saturated carbocycles. The highest BCUT2D eigenvalue weighted by molar-refractivity contribution is 7.89. The summed E-state index contributed by atoms with van der Waals surface area (Å²) in [7, 11) is -1.07. The summed E-state index contributed by atoms with van der Waals surface area (Å²) in [6.45, 7) is 0.296.